The van der Waals surface area contributed by atoms with Gasteiger partial charge in [0.1, 0.15) is 5.82 Å². The number of esters is 1. The minimum atomic E-state index is -0.475. The van der Waals surface area contributed by atoms with Gasteiger partial charge in [-0.1, -0.05) is 0 Å². The Hall–Kier alpha value is -1.52. The van der Waals surface area contributed by atoms with Gasteiger partial charge in [-0.3, -0.25) is 4.68 Å². The van der Waals surface area contributed by atoms with Crippen molar-refractivity contribution in [3.8, 4) is 0 Å². The van der Waals surface area contributed by atoms with E-state index < -0.39 is 5.97 Å². The van der Waals surface area contributed by atoms with E-state index in [1.807, 2.05) is 0 Å². The summed E-state index contributed by atoms with van der Waals surface area (Å²) in [4.78, 5) is 10.8. The maximum atomic E-state index is 10.8. The predicted molar refractivity (Wildman–Crippen MR) is 39.0 cm³/mol. The van der Waals surface area contributed by atoms with Crippen LogP contribution in [0.15, 0.2) is 6.07 Å². The van der Waals surface area contributed by atoms with Crippen molar-refractivity contribution in [1.82, 2.24) is 9.78 Å². The van der Waals surface area contributed by atoms with Gasteiger partial charge in [-0.2, -0.15) is 5.10 Å². The van der Waals surface area contributed by atoms with Crippen LogP contribution in [0.25, 0.3) is 0 Å². The third kappa shape index (κ3) is 1.31. The molecule has 0 saturated heterocycles. The number of aryl methyl sites for hydroxylation is 1. The first kappa shape index (κ1) is 7.59. The Morgan fingerprint density at radius 3 is 2.82 bits per heavy atom. The number of nitrogens with zero attached hydrogens (tertiary/aromatic N) is 2. The highest BCUT2D eigenvalue weighted by Crippen LogP contribution is 2.04. The van der Waals surface area contributed by atoms with Crippen molar-refractivity contribution < 1.29 is 9.53 Å². The summed E-state index contributed by atoms with van der Waals surface area (Å²) < 4.78 is 5.84. The van der Waals surface area contributed by atoms with Gasteiger partial charge in [-0.05, 0) is 0 Å². The molecule has 0 aliphatic carbocycles. The standard InChI is InChI=1S/C6H9N3O2/c1-9-5(7)3-4(8-9)6(10)11-2/h3H,7H2,1-2H3. The Bertz CT molecular complexity index is 260. The lowest BCUT2D eigenvalue weighted by Crippen LogP contribution is -2.03. The molecule has 0 spiro atoms. The molecule has 2 N–H and O–H groups in total. The zero-order valence-electron chi connectivity index (χ0n) is 6.37. The molecule has 0 aliphatic heterocycles. The van der Waals surface area contributed by atoms with Crippen LogP contribution in [0.4, 0.5) is 5.82 Å². The maximum Gasteiger partial charge on any atom is 0.358 e. The van der Waals surface area contributed by atoms with E-state index in [0.29, 0.717) is 5.82 Å². The van der Waals surface area contributed by atoms with Crippen LogP contribution in [0.5, 0.6) is 0 Å². The molecule has 5 heteroatoms. The number of hydrogen-bond acceptors (Lipinski definition) is 4. The fourth-order valence-electron chi connectivity index (χ4n) is 0.686. The van der Waals surface area contributed by atoms with Crippen molar-refractivity contribution in [1.29, 1.82) is 0 Å². The molecule has 0 aliphatic rings. The summed E-state index contributed by atoms with van der Waals surface area (Å²) in [5, 5.41) is 3.80. The summed E-state index contributed by atoms with van der Waals surface area (Å²) in [5.74, 6) is -0.0392. The summed E-state index contributed by atoms with van der Waals surface area (Å²) in [7, 11) is 2.95. The molecule has 0 bridgehead atoms. The van der Waals surface area contributed by atoms with E-state index in [9.17, 15) is 4.79 Å². The van der Waals surface area contributed by atoms with E-state index >= 15 is 0 Å². The summed E-state index contributed by atoms with van der Waals surface area (Å²) in [6, 6.07) is 1.46. The quantitative estimate of drug-likeness (QED) is 0.569. The van der Waals surface area contributed by atoms with Gasteiger partial charge in [0, 0.05) is 13.1 Å². The molecule has 1 rings (SSSR count). The minimum absolute atomic E-state index is 0.229. The van der Waals surface area contributed by atoms with Gasteiger partial charge < -0.3 is 10.5 Å². The Labute approximate surface area is 63.7 Å². The number of nitrogen functional groups attached to an aromatic ring is 1. The van der Waals surface area contributed by atoms with Gasteiger partial charge in [0.15, 0.2) is 5.69 Å². The molecule has 0 amide bonds. The number of hydrogen-bond donors (Lipinski definition) is 1. The minimum Gasteiger partial charge on any atom is -0.464 e. The second kappa shape index (κ2) is 2.61. The van der Waals surface area contributed by atoms with E-state index in [2.05, 4.69) is 9.84 Å². The van der Waals surface area contributed by atoms with E-state index in [0.717, 1.165) is 0 Å². The van der Waals surface area contributed by atoms with E-state index in [1.54, 1.807) is 7.05 Å². The summed E-state index contributed by atoms with van der Waals surface area (Å²) in [5.41, 5.74) is 5.65. The zero-order chi connectivity index (χ0) is 8.43. The number of rotatable bonds is 1. The first-order valence-corrected chi connectivity index (χ1v) is 3.03. The molecule has 1 heterocycles. The van der Waals surface area contributed by atoms with E-state index in [4.69, 9.17) is 5.73 Å². The SMILES string of the molecule is COC(=O)c1cc(N)n(C)n1. The number of ether oxygens (including phenoxy) is 1. The molecule has 60 valence electrons. The lowest BCUT2D eigenvalue weighted by Gasteiger charge is -1.90. The van der Waals surface area contributed by atoms with Crippen LogP contribution in [-0.2, 0) is 11.8 Å². The topological polar surface area (TPSA) is 70.1 Å². The Morgan fingerprint density at radius 1 is 1.82 bits per heavy atom. The molecular formula is C6H9N3O2. The highest BCUT2D eigenvalue weighted by atomic mass is 16.5. The van der Waals surface area contributed by atoms with Crippen molar-refractivity contribution in [2.24, 2.45) is 7.05 Å². The van der Waals surface area contributed by atoms with Gasteiger partial charge in [-0.25, -0.2) is 4.79 Å². The Balaban J connectivity index is 2.97. The van der Waals surface area contributed by atoms with Crippen LogP contribution in [-0.4, -0.2) is 22.9 Å². The Morgan fingerprint density at radius 2 is 2.45 bits per heavy atom. The van der Waals surface area contributed by atoms with Gasteiger partial charge in [-0.15, -0.1) is 0 Å². The zero-order valence-corrected chi connectivity index (χ0v) is 6.37. The summed E-state index contributed by atoms with van der Waals surface area (Å²) in [6.07, 6.45) is 0. The third-order valence-electron chi connectivity index (χ3n) is 1.31. The number of nitrogens with two attached hydrogens (primary N) is 1. The lowest BCUT2D eigenvalue weighted by molar-refractivity contribution is 0.0593. The van der Waals surface area contributed by atoms with Crippen molar-refractivity contribution in [3.63, 3.8) is 0 Å². The van der Waals surface area contributed by atoms with Crippen LogP contribution in [0.2, 0.25) is 0 Å². The molecule has 0 radical (unpaired) electrons. The van der Waals surface area contributed by atoms with E-state index in [1.165, 1.54) is 17.9 Å². The molecular weight excluding hydrogens is 146 g/mol. The molecule has 0 fully saturated rings. The number of aromatic nitrogens is 2. The smallest absolute Gasteiger partial charge is 0.358 e. The van der Waals surface area contributed by atoms with Crippen LogP contribution < -0.4 is 5.73 Å². The molecule has 11 heavy (non-hydrogen) atoms. The average Bonchev–Trinajstić information content (AvgIpc) is 2.31. The van der Waals surface area contributed by atoms with Crippen LogP contribution in [0, 0.1) is 0 Å². The number of carbonyl (C=O) groups is 1. The van der Waals surface area contributed by atoms with Crippen molar-refractivity contribution in [2.75, 3.05) is 12.8 Å². The lowest BCUT2D eigenvalue weighted by atomic mass is 10.4. The average molecular weight is 155 g/mol. The van der Waals surface area contributed by atoms with Crippen molar-refractivity contribution >= 4 is 11.8 Å². The van der Waals surface area contributed by atoms with Gasteiger partial charge in [0.25, 0.3) is 0 Å². The van der Waals surface area contributed by atoms with Crippen molar-refractivity contribution in [3.05, 3.63) is 11.8 Å². The predicted octanol–water partition coefficient (Wildman–Crippen LogP) is -0.211. The molecule has 0 saturated carbocycles. The molecule has 0 unspecified atom stereocenters. The maximum absolute atomic E-state index is 10.8. The fourth-order valence-corrected chi connectivity index (χ4v) is 0.686. The molecule has 5 nitrogen and oxygen atoms in total. The Kier molecular flexibility index (Phi) is 1.80. The van der Waals surface area contributed by atoms with Crippen LogP contribution in [0.3, 0.4) is 0 Å². The summed E-state index contributed by atoms with van der Waals surface area (Å²) >= 11 is 0. The third-order valence-corrected chi connectivity index (χ3v) is 1.31. The molecule has 1 aromatic heterocycles. The molecule has 1 aromatic rings. The highest BCUT2D eigenvalue weighted by molar-refractivity contribution is 5.87. The van der Waals surface area contributed by atoms with Gasteiger partial charge >= 0.3 is 5.97 Å². The van der Waals surface area contributed by atoms with Crippen LogP contribution >= 0.6 is 0 Å². The van der Waals surface area contributed by atoms with Gasteiger partial charge in [0.2, 0.25) is 0 Å². The van der Waals surface area contributed by atoms with Crippen molar-refractivity contribution in [2.45, 2.75) is 0 Å². The fraction of sp³-hybridized carbons (Fsp3) is 0.333. The van der Waals surface area contributed by atoms with Crippen LogP contribution in [0.1, 0.15) is 10.5 Å². The normalized spacial score (nSPS) is 9.64. The van der Waals surface area contributed by atoms with Gasteiger partial charge in [0.05, 0.1) is 7.11 Å². The largest absolute Gasteiger partial charge is 0.464 e. The second-order valence-corrected chi connectivity index (χ2v) is 2.07. The first-order chi connectivity index (χ1) is 5.15. The first-order valence-electron chi connectivity index (χ1n) is 3.03. The second-order valence-electron chi connectivity index (χ2n) is 2.07. The monoisotopic (exact) mass is 155 g/mol. The number of methoxy groups -OCH3 is 1. The number of anilines is 1. The highest BCUT2D eigenvalue weighted by Gasteiger charge is 2.10. The number of carbonyl (C=O) groups excluding carboxylic acids is 1. The molecule has 0 aromatic carbocycles. The summed E-state index contributed by atoms with van der Waals surface area (Å²) in [6.45, 7) is 0. The molecule has 0 atom stereocenters. The van der Waals surface area contributed by atoms with E-state index in [-0.39, 0.29) is 5.69 Å².